The summed E-state index contributed by atoms with van der Waals surface area (Å²) in [5.74, 6) is 0.939. The van der Waals surface area contributed by atoms with E-state index in [4.69, 9.17) is 4.74 Å². The summed E-state index contributed by atoms with van der Waals surface area (Å²) in [6.07, 6.45) is 2.27. The van der Waals surface area contributed by atoms with E-state index in [0.717, 1.165) is 41.5 Å². The average Bonchev–Trinajstić information content (AvgIpc) is 2.77. The second-order valence-electron chi connectivity index (χ2n) is 3.98. The number of nitrogens with zero attached hydrogens (tertiary/aromatic N) is 1. The van der Waals surface area contributed by atoms with Crippen LogP contribution in [0.5, 0.6) is 5.75 Å². The lowest BCUT2D eigenvalue weighted by Gasteiger charge is -2.05. The molecule has 2 nitrogen and oxygen atoms in total. The molecule has 4 heteroatoms. The largest absolute Gasteiger partial charge is 0.494 e. The molecule has 0 aliphatic rings. The minimum Gasteiger partial charge on any atom is -0.494 e. The van der Waals surface area contributed by atoms with Gasteiger partial charge in [0.2, 0.25) is 0 Å². The third kappa shape index (κ3) is 4.10. The van der Waals surface area contributed by atoms with E-state index in [1.165, 1.54) is 0 Å². The van der Waals surface area contributed by atoms with Crippen molar-refractivity contribution in [1.29, 1.82) is 0 Å². The molecule has 0 saturated heterocycles. The predicted octanol–water partition coefficient (Wildman–Crippen LogP) is 4.88. The summed E-state index contributed by atoms with van der Waals surface area (Å²) in [5.41, 5.74) is 2.20. The van der Waals surface area contributed by atoms with Crippen LogP contribution >= 0.6 is 28.3 Å². The first-order valence-corrected chi connectivity index (χ1v) is 6.83. The Balaban J connectivity index is 0.00000162. The number of hydrogen-bond donors (Lipinski definition) is 0. The Kier molecular flexibility index (Phi) is 6.36. The summed E-state index contributed by atoms with van der Waals surface area (Å²) in [5, 5.41) is 3.19. The summed E-state index contributed by atoms with van der Waals surface area (Å²) in [6, 6.07) is 8.16. The first kappa shape index (κ1) is 15.2. The van der Waals surface area contributed by atoms with Crippen LogP contribution < -0.4 is 4.74 Å². The number of thiazole rings is 1. The van der Waals surface area contributed by atoms with Crippen LogP contribution in [0.2, 0.25) is 0 Å². The van der Waals surface area contributed by atoms with Gasteiger partial charge in [-0.15, -0.1) is 28.3 Å². The second-order valence-corrected chi connectivity index (χ2v) is 5.04. The van der Waals surface area contributed by atoms with Gasteiger partial charge in [0.15, 0.2) is 0 Å². The first-order valence-electron chi connectivity index (χ1n) is 5.95. The van der Waals surface area contributed by atoms with E-state index in [2.05, 4.69) is 29.4 Å². The van der Waals surface area contributed by atoms with Gasteiger partial charge in [-0.25, -0.2) is 4.98 Å². The van der Waals surface area contributed by atoms with Gasteiger partial charge in [0.05, 0.1) is 17.3 Å². The Bertz CT molecular complexity index is 467. The third-order valence-corrected chi connectivity index (χ3v) is 3.31. The van der Waals surface area contributed by atoms with Crippen LogP contribution in [0.15, 0.2) is 29.6 Å². The number of unbranched alkanes of at least 4 members (excludes halogenated alkanes) is 1. The molecular weight excluding hydrogens is 310 g/mol. The van der Waals surface area contributed by atoms with Crippen molar-refractivity contribution in [2.75, 3.05) is 6.61 Å². The van der Waals surface area contributed by atoms with Crippen LogP contribution in [0, 0.1) is 6.92 Å². The first-order chi connectivity index (χ1) is 8.29. The van der Waals surface area contributed by atoms with Crippen molar-refractivity contribution >= 4 is 28.3 Å². The molecule has 2 aromatic rings. The van der Waals surface area contributed by atoms with Gasteiger partial charge in [0.25, 0.3) is 0 Å². The van der Waals surface area contributed by atoms with E-state index in [9.17, 15) is 0 Å². The van der Waals surface area contributed by atoms with Crippen molar-refractivity contribution in [3.63, 3.8) is 0 Å². The van der Waals surface area contributed by atoms with Crippen molar-refractivity contribution < 1.29 is 4.74 Å². The summed E-state index contributed by atoms with van der Waals surface area (Å²) >= 11 is 1.68. The van der Waals surface area contributed by atoms with E-state index in [1.807, 2.05) is 19.1 Å². The molecule has 1 aromatic heterocycles. The molecule has 0 atom stereocenters. The maximum Gasteiger partial charge on any atom is 0.119 e. The van der Waals surface area contributed by atoms with Crippen LogP contribution in [0.4, 0.5) is 0 Å². The summed E-state index contributed by atoms with van der Waals surface area (Å²) < 4.78 is 5.62. The second kappa shape index (κ2) is 7.54. The maximum atomic E-state index is 5.62. The molecule has 0 bridgehead atoms. The highest BCUT2D eigenvalue weighted by Gasteiger charge is 2.02. The molecule has 0 N–H and O–H groups in total. The van der Waals surface area contributed by atoms with E-state index < -0.39 is 0 Å². The predicted molar refractivity (Wildman–Crippen MR) is 83.0 cm³/mol. The smallest absolute Gasteiger partial charge is 0.119 e. The molecule has 0 saturated carbocycles. The van der Waals surface area contributed by atoms with E-state index >= 15 is 0 Å². The quantitative estimate of drug-likeness (QED) is 0.730. The van der Waals surface area contributed by atoms with Crippen molar-refractivity contribution in [2.45, 2.75) is 26.7 Å². The minimum absolute atomic E-state index is 0. The van der Waals surface area contributed by atoms with Gasteiger partial charge in [0, 0.05) is 10.9 Å². The normalized spacial score (nSPS) is 9.89. The van der Waals surface area contributed by atoms with Crippen LogP contribution in [0.25, 0.3) is 11.3 Å². The Labute approximate surface area is 123 Å². The fourth-order valence-corrected chi connectivity index (χ4v) is 2.17. The molecular formula is C14H18BrNOS. The summed E-state index contributed by atoms with van der Waals surface area (Å²) in [6.45, 7) is 4.99. The summed E-state index contributed by atoms with van der Waals surface area (Å²) in [4.78, 5) is 4.46. The molecule has 0 radical (unpaired) electrons. The van der Waals surface area contributed by atoms with Crippen LogP contribution in [-0.4, -0.2) is 11.6 Å². The molecule has 2 rings (SSSR count). The van der Waals surface area contributed by atoms with Crippen LogP contribution in [0.1, 0.15) is 24.8 Å². The highest BCUT2D eigenvalue weighted by Crippen LogP contribution is 2.23. The molecule has 98 valence electrons. The van der Waals surface area contributed by atoms with Crippen LogP contribution in [-0.2, 0) is 0 Å². The Hall–Kier alpha value is -0.870. The molecule has 0 amide bonds. The van der Waals surface area contributed by atoms with E-state index in [0.29, 0.717) is 0 Å². The minimum atomic E-state index is 0. The number of aryl methyl sites for hydroxylation is 1. The molecule has 18 heavy (non-hydrogen) atoms. The molecule has 0 aliphatic heterocycles. The topological polar surface area (TPSA) is 22.1 Å². The lowest BCUT2D eigenvalue weighted by molar-refractivity contribution is 0.309. The highest BCUT2D eigenvalue weighted by atomic mass is 79.9. The monoisotopic (exact) mass is 327 g/mol. The SMILES string of the molecule is Br.CCCCOc1ccc(-c2csc(C)n2)cc1. The number of rotatable bonds is 5. The van der Waals surface area contributed by atoms with Crippen molar-refractivity contribution in [1.82, 2.24) is 4.98 Å². The van der Waals surface area contributed by atoms with E-state index in [1.54, 1.807) is 11.3 Å². The van der Waals surface area contributed by atoms with Crippen molar-refractivity contribution in [3.8, 4) is 17.0 Å². The number of halogens is 1. The molecule has 1 heterocycles. The number of aromatic nitrogens is 1. The van der Waals surface area contributed by atoms with E-state index in [-0.39, 0.29) is 17.0 Å². The third-order valence-electron chi connectivity index (χ3n) is 2.54. The average molecular weight is 328 g/mol. The molecule has 0 aliphatic carbocycles. The van der Waals surface area contributed by atoms with Gasteiger partial charge in [-0.05, 0) is 37.6 Å². The van der Waals surface area contributed by atoms with Gasteiger partial charge in [-0.2, -0.15) is 0 Å². The maximum absolute atomic E-state index is 5.62. The number of benzene rings is 1. The fourth-order valence-electron chi connectivity index (χ4n) is 1.55. The molecule has 1 aromatic carbocycles. The van der Waals surface area contributed by atoms with Gasteiger partial charge in [-0.3, -0.25) is 0 Å². The number of ether oxygens (including phenoxy) is 1. The molecule has 0 unspecified atom stereocenters. The molecule has 0 spiro atoms. The van der Waals surface area contributed by atoms with Crippen molar-refractivity contribution in [2.24, 2.45) is 0 Å². The lowest BCUT2D eigenvalue weighted by Crippen LogP contribution is -1.95. The number of hydrogen-bond acceptors (Lipinski definition) is 3. The Morgan fingerprint density at radius 3 is 2.50 bits per heavy atom. The Morgan fingerprint density at radius 1 is 1.22 bits per heavy atom. The standard InChI is InChI=1S/C14H17NOS.BrH/c1-3-4-9-16-13-7-5-12(6-8-13)14-10-17-11(2)15-14;/h5-8,10H,3-4,9H2,1-2H3;1H. The highest BCUT2D eigenvalue weighted by molar-refractivity contribution is 8.93. The summed E-state index contributed by atoms with van der Waals surface area (Å²) in [7, 11) is 0. The van der Waals surface area contributed by atoms with Gasteiger partial charge < -0.3 is 4.74 Å². The van der Waals surface area contributed by atoms with Crippen molar-refractivity contribution in [3.05, 3.63) is 34.7 Å². The van der Waals surface area contributed by atoms with Gasteiger partial charge in [0.1, 0.15) is 5.75 Å². The zero-order valence-corrected chi connectivity index (χ0v) is 13.2. The molecule has 0 fully saturated rings. The zero-order chi connectivity index (χ0) is 12.1. The zero-order valence-electron chi connectivity index (χ0n) is 10.7. The van der Waals surface area contributed by atoms with Crippen LogP contribution in [0.3, 0.4) is 0 Å². The van der Waals surface area contributed by atoms with Gasteiger partial charge >= 0.3 is 0 Å². The Morgan fingerprint density at radius 2 is 1.94 bits per heavy atom. The van der Waals surface area contributed by atoms with Gasteiger partial charge in [-0.1, -0.05) is 13.3 Å². The fraction of sp³-hybridized carbons (Fsp3) is 0.357. The lowest BCUT2D eigenvalue weighted by atomic mass is 10.2.